The highest BCUT2D eigenvalue weighted by atomic mass is 19.1. The lowest BCUT2D eigenvalue weighted by Crippen LogP contribution is -2.35. The number of ether oxygens (including phenoxy) is 1. The highest BCUT2D eigenvalue weighted by molar-refractivity contribution is 6.58. The average Bonchev–Trinajstić information content (AvgIpc) is 2.41. The summed E-state index contributed by atoms with van der Waals surface area (Å²) in [6, 6.07) is 4.44. The van der Waals surface area contributed by atoms with Crippen molar-refractivity contribution in [3.63, 3.8) is 0 Å². The van der Waals surface area contributed by atoms with Gasteiger partial charge in [-0.2, -0.15) is 0 Å². The van der Waals surface area contributed by atoms with Crippen LogP contribution in [0.5, 0.6) is 0 Å². The molecular weight excluding hydrogens is 260 g/mol. The second kappa shape index (κ2) is 7.17. The van der Waals surface area contributed by atoms with Gasteiger partial charge >= 0.3 is 7.12 Å². The number of rotatable bonds is 5. The van der Waals surface area contributed by atoms with Crippen LogP contribution < -0.4 is 5.46 Å². The molecule has 0 aliphatic carbocycles. The number of likely N-dealkylation sites (N-methyl/N-ethyl adjacent to an activating group) is 1. The smallest absolute Gasteiger partial charge is 0.423 e. The van der Waals surface area contributed by atoms with E-state index < -0.39 is 12.9 Å². The van der Waals surface area contributed by atoms with E-state index >= 15 is 0 Å². The van der Waals surface area contributed by atoms with Gasteiger partial charge in [0.25, 0.3) is 0 Å². The van der Waals surface area contributed by atoms with E-state index in [0.29, 0.717) is 6.54 Å². The first-order chi connectivity index (χ1) is 9.56. The summed E-state index contributed by atoms with van der Waals surface area (Å²) in [4.78, 5) is 2.11. The number of halogens is 1. The highest BCUT2D eigenvalue weighted by Crippen LogP contribution is 2.14. The van der Waals surface area contributed by atoms with Gasteiger partial charge in [0.2, 0.25) is 0 Å². The number of nitrogens with zero attached hydrogens (tertiary/aromatic N) is 1. The van der Waals surface area contributed by atoms with Crippen molar-refractivity contribution in [1.82, 2.24) is 4.90 Å². The van der Waals surface area contributed by atoms with Crippen LogP contribution >= 0.6 is 0 Å². The molecule has 1 unspecified atom stereocenters. The van der Waals surface area contributed by atoms with Crippen LogP contribution in [0.2, 0.25) is 0 Å². The summed E-state index contributed by atoms with van der Waals surface area (Å²) in [5, 5.41) is 18.2. The molecule has 2 N–H and O–H groups in total. The molecule has 20 heavy (non-hydrogen) atoms. The first-order valence-electron chi connectivity index (χ1n) is 7.01. The van der Waals surface area contributed by atoms with E-state index in [9.17, 15) is 4.39 Å². The van der Waals surface area contributed by atoms with Gasteiger partial charge in [0, 0.05) is 25.2 Å². The van der Waals surface area contributed by atoms with Crippen LogP contribution in [0.25, 0.3) is 0 Å². The molecule has 0 amide bonds. The summed E-state index contributed by atoms with van der Waals surface area (Å²) in [5.74, 6) is -0.595. The van der Waals surface area contributed by atoms with Crippen molar-refractivity contribution in [2.75, 3.05) is 20.2 Å². The molecule has 2 rings (SSSR count). The van der Waals surface area contributed by atoms with Gasteiger partial charge in [-0.25, -0.2) is 4.39 Å². The second-order valence-electron chi connectivity index (χ2n) is 5.41. The molecule has 0 bridgehead atoms. The average molecular weight is 281 g/mol. The van der Waals surface area contributed by atoms with Gasteiger partial charge in [-0.15, -0.1) is 0 Å². The zero-order valence-corrected chi connectivity index (χ0v) is 11.8. The first-order valence-corrected chi connectivity index (χ1v) is 7.01. The predicted octanol–water partition coefficient (Wildman–Crippen LogP) is 0.506. The Balaban J connectivity index is 1.93. The minimum absolute atomic E-state index is 0.0789. The fourth-order valence-corrected chi connectivity index (χ4v) is 2.56. The van der Waals surface area contributed by atoms with E-state index in [1.54, 1.807) is 6.07 Å². The molecule has 0 radical (unpaired) electrons. The molecule has 6 heteroatoms. The molecule has 0 spiro atoms. The van der Waals surface area contributed by atoms with E-state index in [0.717, 1.165) is 31.6 Å². The normalized spacial score (nSPS) is 19.4. The van der Waals surface area contributed by atoms with Gasteiger partial charge in [-0.3, -0.25) is 4.90 Å². The van der Waals surface area contributed by atoms with Gasteiger partial charge in [-0.05, 0) is 37.9 Å². The summed E-state index contributed by atoms with van der Waals surface area (Å²) in [7, 11) is 0.207. The maximum atomic E-state index is 13.4. The van der Waals surface area contributed by atoms with Crippen molar-refractivity contribution >= 4 is 12.6 Å². The third kappa shape index (κ3) is 4.28. The first kappa shape index (κ1) is 15.4. The Morgan fingerprint density at radius 3 is 2.85 bits per heavy atom. The quantitative estimate of drug-likeness (QED) is 0.772. The second-order valence-corrected chi connectivity index (χ2v) is 5.41. The molecule has 1 heterocycles. The molecule has 1 fully saturated rings. The zero-order chi connectivity index (χ0) is 14.5. The lowest BCUT2D eigenvalue weighted by molar-refractivity contribution is -0.00259. The van der Waals surface area contributed by atoms with E-state index in [4.69, 9.17) is 14.8 Å². The lowest BCUT2D eigenvalue weighted by Gasteiger charge is -2.27. The molecule has 1 aromatic rings. The predicted molar refractivity (Wildman–Crippen MR) is 76.2 cm³/mol. The van der Waals surface area contributed by atoms with Crippen LogP contribution in [0.1, 0.15) is 24.8 Å². The molecule has 0 aromatic heterocycles. The van der Waals surface area contributed by atoms with Gasteiger partial charge in [0.05, 0.1) is 6.10 Å². The number of hydrogen-bond donors (Lipinski definition) is 2. The summed E-state index contributed by atoms with van der Waals surface area (Å²) < 4.78 is 19.1. The van der Waals surface area contributed by atoms with Crippen LogP contribution in [-0.2, 0) is 11.3 Å². The molecule has 1 aliphatic heterocycles. The topological polar surface area (TPSA) is 52.9 Å². The standard InChI is InChI=1S/C14H21BFNO3/c1-17(10-12-4-2-3-7-20-12)9-11-5-6-14(16)13(8-11)15(18)19/h5-6,8,12,18-19H,2-4,7,9-10H2,1H3. The Labute approximate surface area is 119 Å². The van der Waals surface area contributed by atoms with Crippen molar-refractivity contribution in [3.05, 3.63) is 29.6 Å². The number of hydrogen-bond acceptors (Lipinski definition) is 4. The Bertz CT molecular complexity index is 438. The van der Waals surface area contributed by atoms with Crippen molar-refractivity contribution in [2.45, 2.75) is 31.9 Å². The molecule has 4 nitrogen and oxygen atoms in total. The van der Waals surface area contributed by atoms with Crippen molar-refractivity contribution in [1.29, 1.82) is 0 Å². The fourth-order valence-electron chi connectivity index (χ4n) is 2.56. The molecule has 1 atom stereocenters. The van der Waals surface area contributed by atoms with E-state index in [-0.39, 0.29) is 11.6 Å². The van der Waals surface area contributed by atoms with Gasteiger partial charge < -0.3 is 14.8 Å². The summed E-state index contributed by atoms with van der Waals surface area (Å²) in [6.45, 7) is 2.28. The molecular formula is C14H21BFNO3. The van der Waals surface area contributed by atoms with Crippen LogP contribution in [0.3, 0.4) is 0 Å². The molecule has 1 saturated heterocycles. The summed E-state index contributed by atoms with van der Waals surface area (Å²) in [6.07, 6.45) is 3.68. The van der Waals surface area contributed by atoms with E-state index in [1.165, 1.54) is 18.6 Å². The zero-order valence-electron chi connectivity index (χ0n) is 11.8. The van der Waals surface area contributed by atoms with E-state index in [2.05, 4.69) is 4.90 Å². The van der Waals surface area contributed by atoms with Crippen molar-refractivity contribution in [3.8, 4) is 0 Å². The largest absolute Gasteiger partial charge is 0.491 e. The van der Waals surface area contributed by atoms with Crippen LogP contribution in [0.15, 0.2) is 18.2 Å². The maximum Gasteiger partial charge on any atom is 0.491 e. The molecule has 110 valence electrons. The van der Waals surface area contributed by atoms with Gasteiger partial charge in [0.15, 0.2) is 0 Å². The molecule has 1 aliphatic rings. The Morgan fingerprint density at radius 1 is 1.40 bits per heavy atom. The fraction of sp³-hybridized carbons (Fsp3) is 0.571. The Kier molecular flexibility index (Phi) is 5.54. The van der Waals surface area contributed by atoms with Gasteiger partial charge in [-0.1, -0.05) is 12.1 Å². The van der Waals surface area contributed by atoms with Gasteiger partial charge in [0.1, 0.15) is 5.82 Å². The third-order valence-corrected chi connectivity index (χ3v) is 3.58. The number of benzene rings is 1. The monoisotopic (exact) mass is 281 g/mol. The SMILES string of the molecule is CN(Cc1ccc(F)c(B(O)O)c1)CC1CCCCO1. The van der Waals surface area contributed by atoms with Crippen molar-refractivity contribution in [2.24, 2.45) is 0 Å². The Hall–Kier alpha value is -0.945. The maximum absolute atomic E-state index is 13.4. The Morgan fingerprint density at radius 2 is 2.20 bits per heavy atom. The minimum Gasteiger partial charge on any atom is -0.423 e. The van der Waals surface area contributed by atoms with Crippen molar-refractivity contribution < 1.29 is 19.2 Å². The molecule has 1 aromatic carbocycles. The summed E-state index contributed by atoms with van der Waals surface area (Å²) >= 11 is 0. The van der Waals surface area contributed by atoms with Crippen LogP contribution in [0.4, 0.5) is 4.39 Å². The van der Waals surface area contributed by atoms with Crippen LogP contribution in [0, 0.1) is 5.82 Å². The van der Waals surface area contributed by atoms with Crippen LogP contribution in [-0.4, -0.2) is 48.4 Å². The lowest BCUT2D eigenvalue weighted by atomic mass is 9.79. The summed E-state index contributed by atoms with van der Waals surface area (Å²) in [5.41, 5.74) is 0.776. The third-order valence-electron chi connectivity index (χ3n) is 3.58. The molecule has 0 saturated carbocycles. The minimum atomic E-state index is -1.78. The highest BCUT2D eigenvalue weighted by Gasteiger charge is 2.19. The van der Waals surface area contributed by atoms with E-state index in [1.807, 2.05) is 7.05 Å².